The number of nitrogens with two attached hydrogens (primary N) is 1. The summed E-state index contributed by atoms with van der Waals surface area (Å²) >= 11 is 0. The Morgan fingerprint density at radius 2 is 1.85 bits per heavy atom. The molecule has 1 aromatic carbocycles. The molecule has 1 fully saturated rings. The molecule has 1 spiro atoms. The lowest BCUT2D eigenvalue weighted by molar-refractivity contribution is 0.131. The van der Waals surface area contributed by atoms with Gasteiger partial charge in [0.25, 0.3) is 6.02 Å². The third-order valence-electron chi connectivity index (χ3n) is 6.49. The summed E-state index contributed by atoms with van der Waals surface area (Å²) < 4.78 is 5.72. The first kappa shape index (κ1) is 15.8. The van der Waals surface area contributed by atoms with Gasteiger partial charge in [-0.2, -0.15) is 0 Å². The van der Waals surface area contributed by atoms with Crippen LogP contribution in [0.2, 0.25) is 0 Å². The van der Waals surface area contributed by atoms with Gasteiger partial charge in [0.1, 0.15) is 18.5 Å². The molecule has 5 heteroatoms. The van der Waals surface area contributed by atoms with E-state index < -0.39 is 0 Å². The fraction of sp³-hybridized carbons (Fsp3) is 0.476. The summed E-state index contributed by atoms with van der Waals surface area (Å²) in [7, 11) is 0. The number of rotatable bonds is 2. The zero-order valence-corrected chi connectivity index (χ0v) is 14.9. The first-order valence-electron chi connectivity index (χ1n) is 9.63. The molecule has 3 aliphatic rings. The van der Waals surface area contributed by atoms with Gasteiger partial charge in [0, 0.05) is 18.0 Å². The predicted octanol–water partition coefficient (Wildman–Crippen LogP) is 3.44. The van der Waals surface area contributed by atoms with Crippen molar-refractivity contribution in [3.8, 4) is 11.1 Å². The van der Waals surface area contributed by atoms with E-state index in [1.807, 2.05) is 12.4 Å². The monoisotopic (exact) mass is 348 g/mol. The number of fused-ring (bicyclic) bond motifs is 2. The summed E-state index contributed by atoms with van der Waals surface area (Å²) in [5.74, 6) is 1.19. The van der Waals surface area contributed by atoms with Crippen molar-refractivity contribution in [3.05, 3.63) is 48.0 Å². The number of hydrogen-bond donors (Lipinski definition) is 1. The van der Waals surface area contributed by atoms with Crippen LogP contribution >= 0.6 is 0 Å². The van der Waals surface area contributed by atoms with Gasteiger partial charge in [0.15, 0.2) is 0 Å². The zero-order chi connectivity index (χ0) is 17.6. The number of aromatic nitrogens is 2. The second-order valence-electron chi connectivity index (χ2n) is 7.87. The molecule has 1 aromatic heterocycles. The van der Waals surface area contributed by atoms with E-state index in [0.717, 1.165) is 17.5 Å². The summed E-state index contributed by atoms with van der Waals surface area (Å²) in [6.07, 6.45) is 13.0. The second-order valence-corrected chi connectivity index (χ2v) is 7.87. The standard InChI is InChI=1S/C21H24N4O/c22-20-25-21(12-26-20)18(14-4-2-1-3-5-14)9-16-7-6-15(8-19(16)21)17-10-23-13-24-11-17/h6-8,10-11,13-14,18H,1-5,9,12H2,(H2,22,25). The van der Waals surface area contributed by atoms with Crippen LogP contribution < -0.4 is 5.73 Å². The summed E-state index contributed by atoms with van der Waals surface area (Å²) in [6.45, 7) is 0.571. The SMILES string of the molecule is NC1=NC2(CO1)c1cc(-c3cncnc3)ccc1CC2C1CCCCC1. The lowest BCUT2D eigenvalue weighted by Gasteiger charge is -2.36. The van der Waals surface area contributed by atoms with Gasteiger partial charge in [-0.05, 0) is 41.0 Å². The topological polar surface area (TPSA) is 73.4 Å². The number of hydrogen-bond acceptors (Lipinski definition) is 5. The van der Waals surface area contributed by atoms with Crippen molar-refractivity contribution < 1.29 is 4.74 Å². The summed E-state index contributed by atoms with van der Waals surface area (Å²) in [5, 5.41) is 0. The number of ether oxygens (including phenoxy) is 1. The molecule has 0 bridgehead atoms. The average molecular weight is 348 g/mol. The van der Waals surface area contributed by atoms with Crippen LogP contribution in [0.1, 0.15) is 43.2 Å². The van der Waals surface area contributed by atoms with Crippen molar-refractivity contribution in [2.24, 2.45) is 22.6 Å². The summed E-state index contributed by atoms with van der Waals surface area (Å²) in [5.41, 5.74) is 10.5. The number of amidine groups is 1. The van der Waals surface area contributed by atoms with Gasteiger partial charge < -0.3 is 10.5 Å². The van der Waals surface area contributed by atoms with Crippen molar-refractivity contribution >= 4 is 6.02 Å². The van der Waals surface area contributed by atoms with Crippen molar-refractivity contribution in [2.45, 2.75) is 44.1 Å². The van der Waals surface area contributed by atoms with Gasteiger partial charge in [0.05, 0.1) is 0 Å². The van der Waals surface area contributed by atoms with Crippen molar-refractivity contribution in [1.82, 2.24) is 9.97 Å². The predicted molar refractivity (Wildman–Crippen MR) is 100 cm³/mol. The first-order chi connectivity index (χ1) is 12.8. The van der Waals surface area contributed by atoms with Gasteiger partial charge in [-0.3, -0.25) is 0 Å². The smallest absolute Gasteiger partial charge is 0.283 e. The Morgan fingerprint density at radius 3 is 2.58 bits per heavy atom. The Bertz CT molecular complexity index is 844. The summed E-state index contributed by atoms with van der Waals surface area (Å²) in [4.78, 5) is 13.2. The lowest BCUT2D eigenvalue weighted by atomic mass is 9.71. The van der Waals surface area contributed by atoms with Crippen LogP contribution in [0.4, 0.5) is 0 Å². The molecule has 0 radical (unpaired) electrons. The van der Waals surface area contributed by atoms with E-state index in [4.69, 9.17) is 15.5 Å². The zero-order valence-electron chi connectivity index (χ0n) is 14.9. The van der Waals surface area contributed by atoms with Gasteiger partial charge in [0.2, 0.25) is 0 Å². The Morgan fingerprint density at radius 1 is 1.04 bits per heavy atom. The van der Waals surface area contributed by atoms with Gasteiger partial charge in [-0.25, -0.2) is 15.0 Å². The number of benzene rings is 1. The molecule has 5 rings (SSSR count). The molecule has 5 nitrogen and oxygen atoms in total. The maximum Gasteiger partial charge on any atom is 0.283 e. The molecule has 2 heterocycles. The van der Waals surface area contributed by atoms with Crippen molar-refractivity contribution in [2.75, 3.05) is 6.61 Å². The fourth-order valence-corrected chi connectivity index (χ4v) is 5.26. The Labute approximate surface area is 153 Å². The molecule has 2 aromatic rings. The first-order valence-corrected chi connectivity index (χ1v) is 9.63. The Hall–Kier alpha value is -2.43. The van der Waals surface area contributed by atoms with Crippen LogP contribution in [0.3, 0.4) is 0 Å². The third kappa shape index (κ3) is 2.41. The molecular weight excluding hydrogens is 324 g/mol. The number of nitrogens with zero attached hydrogens (tertiary/aromatic N) is 3. The third-order valence-corrected chi connectivity index (χ3v) is 6.49. The molecule has 1 saturated carbocycles. The normalized spacial score (nSPS) is 28.0. The van der Waals surface area contributed by atoms with E-state index in [1.54, 1.807) is 6.33 Å². The van der Waals surface area contributed by atoms with E-state index in [0.29, 0.717) is 24.5 Å². The molecule has 2 atom stereocenters. The molecule has 0 saturated heterocycles. The average Bonchev–Trinajstić information content (AvgIpc) is 3.24. The molecule has 2 unspecified atom stereocenters. The molecule has 1 aliphatic heterocycles. The van der Waals surface area contributed by atoms with Crippen LogP contribution in [0.25, 0.3) is 11.1 Å². The van der Waals surface area contributed by atoms with E-state index >= 15 is 0 Å². The molecule has 26 heavy (non-hydrogen) atoms. The van der Waals surface area contributed by atoms with Crippen molar-refractivity contribution in [3.63, 3.8) is 0 Å². The summed E-state index contributed by atoms with van der Waals surface area (Å²) in [6, 6.07) is 7.04. The second kappa shape index (κ2) is 6.08. The number of aliphatic imine (C=N–C) groups is 1. The van der Waals surface area contributed by atoms with E-state index in [1.165, 1.54) is 43.2 Å². The minimum Gasteiger partial charge on any atom is -0.462 e. The minimum absolute atomic E-state index is 0.312. The lowest BCUT2D eigenvalue weighted by Crippen LogP contribution is -2.37. The highest BCUT2D eigenvalue weighted by molar-refractivity contribution is 5.75. The molecule has 134 valence electrons. The minimum atomic E-state index is -0.312. The van der Waals surface area contributed by atoms with Gasteiger partial charge in [-0.15, -0.1) is 0 Å². The highest BCUT2D eigenvalue weighted by Gasteiger charge is 2.53. The Balaban J connectivity index is 1.59. The quantitative estimate of drug-likeness (QED) is 0.902. The molecule has 2 N–H and O–H groups in total. The maximum atomic E-state index is 6.00. The fourth-order valence-electron chi connectivity index (χ4n) is 5.26. The van der Waals surface area contributed by atoms with Crippen LogP contribution in [-0.2, 0) is 16.7 Å². The van der Waals surface area contributed by atoms with Crippen LogP contribution in [0.5, 0.6) is 0 Å². The molecule has 0 amide bonds. The molecule has 2 aliphatic carbocycles. The van der Waals surface area contributed by atoms with Gasteiger partial charge >= 0.3 is 0 Å². The van der Waals surface area contributed by atoms with Crippen LogP contribution in [-0.4, -0.2) is 22.6 Å². The maximum absolute atomic E-state index is 6.00. The van der Waals surface area contributed by atoms with Crippen molar-refractivity contribution in [1.29, 1.82) is 0 Å². The largest absolute Gasteiger partial charge is 0.462 e. The van der Waals surface area contributed by atoms with Crippen LogP contribution in [0, 0.1) is 11.8 Å². The van der Waals surface area contributed by atoms with E-state index in [9.17, 15) is 0 Å². The van der Waals surface area contributed by atoms with Gasteiger partial charge in [-0.1, -0.05) is 44.2 Å². The van der Waals surface area contributed by atoms with E-state index in [-0.39, 0.29) is 5.54 Å². The molecular formula is C21H24N4O. The highest BCUT2D eigenvalue weighted by Crippen LogP contribution is 2.53. The van der Waals surface area contributed by atoms with Crippen LogP contribution in [0.15, 0.2) is 41.9 Å². The van der Waals surface area contributed by atoms with E-state index in [2.05, 4.69) is 28.2 Å². The Kier molecular flexibility index (Phi) is 3.69. The highest BCUT2D eigenvalue weighted by atomic mass is 16.5.